The van der Waals surface area contributed by atoms with Gasteiger partial charge < -0.3 is 19.7 Å². The fraction of sp³-hybridized carbons (Fsp3) is 0.368. The number of nitrogens with one attached hydrogen (secondary N) is 1. The van der Waals surface area contributed by atoms with Crippen LogP contribution in [-0.2, 0) is 26.5 Å². The number of hydrogen-bond acceptors (Lipinski definition) is 5. The Kier molecular flexibility index (Phi) is 4.52. The van der Waals surface area contributed by atoms with Gasteiger partial charge in [-0.05, 0) is 29.1 Å². The summed E-state index contributed by atoms with van der Waals surface area (Å²) in [6.45, 7) is 1.45. The number of fused-ring (bicyclic) bond motifs is 1. The quantitative estimate of drug-likeness (QED) is 0.874. The third kappa shape index (κ3) is 3.02. The Morgan fingerprint density at radius 2 is 2.12 bits per heavy atom. The molecule has 0 unspecified atom stereocenters. The second kappa shape index (κ2) is 6.83. The van der Waals surface area contributed by atoms with Crippen LogP contribution in [0.1, 0.15) is 27.2 Å². The van der Waals surface area contributed by atoms with Crippen molar-refractivity contribution >= 4 is 28.8 Å². The van der Waals surface area contributed by atoms with Gasteiger partial charge in [-0.3, -0.25) is 9.59 Å². The van der Waals surface area contributed by atoms with Crippen molar-refractivity contribution in [1.29, 1.82) is 0 Å². The molecule has 2 aromatic rings. The molecule has 1 saturated heterocycles. The maximum Gasteiger partial charge on any atom is 0.261 e. The van der Waals surface area contributed by atoms with Gasteiger partial charge in [0.25, 0.3) is 5.91 Å². The molecule has 0 spiro atoms. The van der Waals surface area contributed by atoms with E-state index >= 15 is 0 Å². The van der Waals surface area contributed by atoms with Gasteiger partial charge in [-0.1, -0.05) is 12.1 Å². The summed E-state index contributed by atoms with van der Waals surface area (Å²) in [5.41, 5.74) is 2.80. The highest BCUT2D eigenvalue weighted by Gasteiger charge is 2.39. The van der Waals surface area contributed by atoms with E-state index in [-0.39, 0.29) is 11.8 Å². The Morgan fingerprint density at radius 3 is 2.85 bits per heavy atom. The molecule has 0 bridgehead atoms. The number of likely N-dealkylation sites (N-methyl/N-ethyl adjacent to an activating group) is 1. The number of carbonyl (C=O) groups is 2. The van der Waals surface area contributed by atoms with Gasteiger partial charge in [-0.25, -0.2) is 0 Å². The van der Waals surface area contributed by atoms with Crippen LogP contribution in [0.2, 0.25) is 0 Å². The second-order valence-electron chi connectivity index (χ2n) is 6.41. The highest BCUT2D eigenvalue weighted by atomic mass is 32.1. The van der Waals surface area contributed by atoms with Crippen LogP contribution in [-0.4, -0.2) is 38.6 Å². The van der Waals surface area contributed by atoms with Gasteiger partial charge in [-0.15, -0.1) is 11.3 Å². The Labute approximate surface area is 155 Å². The molecule has 1 N–H and O–H groups in total. The van der Waals surface area contributed by atoms with Crippen LogP contribution in [0.15, 0.2) is 35.7 Å². The van der Waals surface area contributed by atoms with Gasteiger partial charge in [0.15, 0.2) is 5.79 Å². The van der Waals surface area contributed by atoms with E-state index in [1.807, 2.05) is 29.6 Å². The smallest absolute Gasteiger partial charge is 0.261 e. The van der Waals surface area contributed by atoms with Crippen molar-refractivity contribution in [3.05, 3.63) is 51.7 Å². The minimum atomic E-state index is -0.873. The van der Waals surface area contributed by atoms with Gasteiger partial charge in [0.2, 0.25) is 5.91 Å². The Balaban J connectivity index is 1.49. The van der Waals surface area contributed by atoms with E-state index in [4.69, 9.17) is 9.47 Å². The van der Waals surface area contributed by atoms with Crippen molar-refractivity contribution in [1.82, 2.24) is 5.32 Å². The molecule has 4 rings (SSSR count). The van der Waals surface area contributed by atoms with E-state index in [2.05, 4.69) is 5.32 Å². The highest BCUT2D eigenvalue weighted by molar-refractivity contribution is 7.12. The molecule has 1 fully saturated rings. The molecular weight excluding hydrogens is 352 g/mol. The number of ether oxygens (including phenoxy) is 2. The summed E-state index contributed by atoms with van der Waals surface area (Å²) >= 11 is 1.41. The van der Waals surface area contributed by atoms with Crippen LogP contribution >= 0.6 is 11.3 Å². The van der Waals surface area contributed by atoms with Crippen molar-refractivity contribution in [2.75, 3.05) is 31.7 Å². The lowest BCUT2D eigenvalue weighted by Crippen LogP contribution is -2.34. The zero-order valence-corrected chi connectivity index (χ0v) is 15.3. The van der Waals surface area contributed by atoms with Crippen LogP contribution in [0.5, 0.6) is 0 Å². The molecule has 1 aromatic carbocycles. The lowest BCUT2D eigenvalue weighted by molar-refractivity contribution is -0.169. The average Bonchev–Trinajstić information content (AvgIpc) is 3.37. The van der Waals surface area contributed by atoms with Crippen LogP contribution < -0.4 is 10.2 Å². The molecule has 6 nitrogen and oxygen atoms in total. The number of hydrogen-bond donors (Lipinski definition) is 1. The number of amides is 2. The number of thiophene rings is 1. The predicted molar refractivity (Wildman–Crippen MR) is 98.4 cm³/mol. The lowest BCUT2D eigenvalue weighted by Gasteiger charge is -2.28. The number of rotatable bonds is 5. The fourth-order valence-corrected chi connectivity index (χ4v) is 4.09. The van der Waals surface area contributed by atoms with Crippen molar-refractivity contribution < 1.29 is 19.1 Å². The zero-order valence-electron chi connectivity index (χ0n) is 14.5. The number of nitrogens with zero attached hydrogens (tertiary/aromatic N) is 1. The predicted octanol–water partition coefficient (Wildman–Crippen LogP) is 2.29. The van der Waals surface area contributed by atoms with Crippen LogP contribution in [0.25, 0.3) is 0 Å². The third-order valence-corrected chi connectivity index (χ3v) is 5.70. The normalized spacial score (nSPS) is 18.2. The van der Waals surface area contributed by atoms with Crippen molar-refractivity contribution in [2.45, 2.75) is 18.6 Å². The fourth-order valence-electron chi connectivity index (χ4n) is 3.45. The Hall–Kier alpha value is -2.22. The van der Waals surface area contributed by atoms with Gasteiger partial charge in [-0.2, -0.15) is 0 Å². The number of carbonyl (C=O) groups excluding carboxylic acids is 2. The van der Waals surface area contributed by atoms with Crippen LogP contribution in [0.3, 0.4) is 0 Å². The largest absolute Gasteiger partial charge is 0.351 e. The van der Waals surface area contributed by atoms with Crippen molar-refractivity contribution in [3.63, 3.8) is 0 Å². The van der Waals surface area contributed by atoms with E-state index in [9.17, 15) is 9.59 Å². The summed E-state index contributed by atoms with van der Waals surface area (Å²) in [6.07, 6.45) is 0.900. The highest BCUT2D eigenvalue weighted by Crippen LogP contribution is 2.38. The molecule has 26 heavy (non-hydrogen) atoms. The van der Waals surface area contributed by atoms with E-state index in [1.165, 1.54) is 11.3 Å². The molecule has 0 aliphatic carbocycles. The molecule has 0 saturated carbocycles. The molecule has 3 heterocycles. The van der Waals surface area contributed by atoms with Crippen LogP contribution in [0.4, 0.5) is 5.69 Å². The number of anilines is 1. The molecule has 0 atom stereocenters. The Bertz CT molecular complexity index is 828. The second-order valence-corrected chi connectivity index (χ2v) is 7.35. The molecular formula is C19H20N2O4S. The standard InChI is InChI=1S/C19H20N2O4S/c1-21-15-5-4-14(11-13(15)12-17(21)22)19(24-8-9-25-19)6-7-20-18(23)16-3-2-10-26-16/h2-5,10-11H,6-9,12H2,1H3,(H,20,23). The van der Waals surface area contributed by atoms with Crippen LogP contribution in [0, 0.1) is 0 Å². The van der Waals surface area contributed by atoms with E-state index in [0.29, 0.717) is 37.5 Å². The summed E-state index contributed by atoms with van der Waals surface area (Å²) < 4.78 is 11.9. The molecule has 2 amide bonds. The van der Waals surface area contributed by atoms with E-state index < -0.39 is 5.79 Å². The first-order chi connectivity index (χ1) is 12.6. The summed E-state index contributed by atoms with van der Waals surface area (Å²) in [5, 5.41) is 4.80. The van der Waals surface area contributed by atoms with Crippen molar-refractivity contribution in [2.24, 2.45) is 0 Å². The van der Waals surface area contributed by atoms with Gasteiger partial charge >= 0.3 is 0 Å². The molecule has 7 heteroatoms. The maximum atomic E-state index is 12.1. The number of benzene rings is 1. The lowest BCUT2D eigenvalue weighted by atomic mass is 9.98. The third-order valence-electron chi connectivity index (χ3n) is 4.83. The zero-order chi connectivity index (χ0) is 18.1. The molecule has 136 valence electrons. The molecule has 2 aliphatic heterocycles. The molecule has 1 aromatic heterocycles. The topological polar surface area (TPSA) is 67.9 Å². The van der Waals surface area contributed by atoms with E-state index in [1.54, 1.807) is 18.0 Å². The Morgan fingerprint density at radius 1 is 1.31 bits per heavy atom. The minimum absolute atomic E-state index is 0.0858. The SMILES string of the molecule is CN1C(=O)Cc2cc(C3(CCNC(=O)c4cccs4)OCCO3)ccc21. The summed E-state index contributed by atoms with van der Waals surface area (Å²) in [7, 11) is 1.78. The van der Waals surface area contributed by atoms with E-state index in [0.717, 1.165) is 16.8 Å². The average molecular weight is 372 g/mol. The minimum Gasteiger partial charge on any atom is -0.351 e. The van der Waals surface area contributed by atoms with Gasteiger partial charge in [0.05, 0.1) is 24.5 Å². The molecule has 2 aliphatic rings. The van der Waals surface area contributed by atoms with Gasteiger partial charge in [0.1, 0.15) is 0 Å². The summed E-state index contributed by atoms with van der Waals surface area (Å²) in [4.78, 5) is 26.4. The monoisotopic (exact) mass is 372 g/mol. The first-order valence-electron chi connectivity index (χ1n) is 8.59. The first kappa shape index (κ1) is 17.2. The molecule has 0 radical (unpaired) electrons. The maximum absolute atomic E-state index is 12.1. The van der Waals surface area contributed by atoms with Crippen molar-refractivity contribution in [3.8, 4) is 0 Å². The first-order valence-corrected chi connectivity index (χ1v) is 9.47. The summed E-state index contributed by atoms with van der Waals surface area (Å²) in [6, 6.07) is 9.52. The van der Waals surface area contributed by atoms with Gasteiger partial charge in [0, 0.05) is 31.3 Å². The summed E-state index contributed by atoms with van der Waals surface area (Å²) in [5.74, 6) is -0.876.